The maximum atomic E-state index is 12.0. The molecule has 2 atom stereocenters. The molecule has 3 rings (SSSR count). The van der Waals surface area contributed by atoms with Gasteiger partial charge in [0.2, 0.25) is 5.91 Å². The molecule has 0 aliphatic carbocycles. The van der Waals surface area contributed by atoms with Crippen molar-refractivity contribution in [3.63, 3.8) is 0 Å². The fourth-order valence-electron chi connectivity index (χ4n) is 2.58. The first kappa shape index (κ1) is 9.81. The molecule has 1 aromatic carbocycles. The zero-order valence-electron chi connectivity index (χ0n) is 9.02. The Labute approximate surface area is 94.4 Å². The monoisotopic (exact) mass is 217 g/mol. The summed E-state index contributed by atoms with van der Waals surface area (Å²) in [6, 6.07) is 8.33. The number of nitrogens with two attached hydrogens (primary N) is 1. The number of nitrogens with zero attached hydrogens (tertiary/aromatic N) is 1. The van der Waals surface area contributed by atoms with Crippen molar-refractivity contribution in [1.29, 1.82) is 0 Å². The Kier molecular flexibility index (Phi) is 2.19. The molecule has 16 heavy (non-hydrogen) atoms. The van der Waals surface area contributed by atoms with Gasteiger partial charge in [-0.15, -0.1) is 0 Å². The van der Waals surface area contributed by atoms with Gasteiger partial charge in [0.25, 0.3) is 0 Å². The lowest BCUT2D eigenvalue weighted by atomic mass is 10.2. The Hall–Kier alpha value is -1.39. The Morgan fingerprint density at radius 2 is 2.12 bits per heavy atom. The Bertz CT molecular complexity index is 415. The molecule has 2 aliphatic rings. The number of fused-ring (bicyclic) bond motifs is 2. The van der Waals surface area contributed by atoms with Gasteiger partial charge in [0.05, 0.1) is 12.1 Å². The third kappa shape index (κ3) is 1.34. The van der Waals surface area contributed by atoms with E-state index < -0.39 is 0 Å². The molecule has 1 aromatic rings. The van der Waals surface area contributed by atoms with E-state index in [1.54, 1.807) is 0 Å². The maximum Gasteiger partial charge on any atom is 0.244 e. The SMILES string of the molecule is NCc1ccc(N2C(=O)C3CC2CN3)cc1. The summed E-state index contributed by atoms with van der Waals surface area (Å²) >= 11 is 0. The fraction of sp³-hybridized carbons (Fsp3) is 0.417. The van der Waals surface area contributed by atoms with Crippen LogP contribution in [0.25, 0.3) is 0 Å². The van der Waals surface area contributed by atoms with Crippen molar-refractivity contribution in [3.8, 4) is 0 Å². The highest BCUT2D eigenvalue weighted by atomic mass is 16.2. The number of carbonyl (C=O) groups is 1. The summed E-state index contributed by atoms with van der Waals surface area (Å²) in [5.74, 6) is 0.205. The predicted molar refractivity (Wildman–Crippen MR) is 62.0 cm³/mol. The van der Waals surface area contributed by atoms with Gasteiger partial charge in [0.1, 0.15) is 0 Å². The maximum absolute atomic E-state index is 12.0. The van der Waals surface area contributed by atoms with Crippen LogP contribution in [-0.4, -0.2) is 24.5 Å². The molecule has 4 nitrogen and oxygen atoms in total. The first-order chi connectivity index (χ1) is 7.79. The molecule has 4 heteroatoms. The lowest BCUT2D eigenvalue weighted by Gasteiger charge is -2.27. The first-order valence-electron chi connectivity index (χ1n) is 5.65. The number of amides is 1. The van der Waals surface area contributed by atoms with Crippen LogP contribution >= 0.6 is 0 Å². The first-order valence-corrected chi connectivity index (χ1v) is 5.65. The number of hydrogen-bond donors (Lipinski definition) is 2. The van der Waals surface area contributed by atoms with E-state index in [9.17, 15) is 4.79 Å². The van der Waals surface area contributed by atoms with E-state index in [1.165, 1.54) is 0 Å². The minimum atomic E-state index is 0.0409. The van der Waals surface area contributed by atoms with E-state index in [4.69, 9.17) is 5.73 Å². The second kappa shape index (κ2) is 3.57. The summed E-state index contributed by atoms with van der Waals surface area (Å²) in [7, 11) is 0. The molecular weight excluding hydrogens is 202 g/mol. The quantitative estimate of drug-likeness (QED) is 0.745. The predicted octanol–water partition coefficient (Wildman–Crippen LogP) is 0.222. The molecular formula is C12H15N3O. The highest BCUT2D eigenvalue weighted by Crippen LogP contribution is 2.30. The van der Waals surface area contributed by atoms with Gasteiger partial charge in [-0.1, -0.05) is 12.1 Å². The zero-order valence-corrected chi connectivity index (χ0v) is 9.02. The van der Waals surface area contributed by atoms with Crippen LogP contribution in [0.3, 0.4) is 0 Å². The molecule has 2 heterocycles. The summed E-state index contributed by atoms with van der Waals surface area (Å²) in [4.78, 5) is 13.9. The van der Waals surface area contributed by atoms with Crippen molar-refractivity contribution in [2.24, 2.45) is 5.73 Å². The van der Waals surface area contributed by atoms with Gasteiger partial charge < -0.3 is 16.0 Å². The number of hydrogen-bond acceptors (Lipinski definition) is 3. The van der Waals surface area contributed by atoms with Crippen LogP contribution in [0.15, 0.2) is 24.3 Å². The number of rotatable bonds is 2. The summed E-state index contributed by atoms with van der Waals surface area (Å²) in [6.07, 6.45) is 0.942. The van der Waals surface area contributed by atoms with Gasteiger partial charge >= 0.3 is 0 Å². The van der Waals surface area contributed by atoms with Crippen molar-refractivity contribution < 1.29 is 4.79 Å². The van der Waals surface area contributed by atoms with Crippen LogP contribution in [0, 0.1) is 0 Å². The summed E-state index contributed by atoms with van der Waals surface area (Å²) in [6.45, 7) is 1.46. The van der Waals surface area contributed by atoms with Crippen LogP contribution in [0.5, 0.6) is 0 Å². The normalized spacial score (nSPS) is 27.8. The van der Waals surface area contributed by atoms with Crippen LogP contribution in [0.2, 0.25) is 0 Å². The molecule has 0 spiro atoms. The van der Waals surface area contributed by atoms with Gasteiger partial charge in [-0.25, -0.2) is 0 Å². The minimum Gasteiger partial charge on any atom is -0.326 e. The zero-order chi connectivity index (χ0) is 11.1. The molecule has 0 saturated carbocycles. The highest BCUT2D eigenvalue weighted by Gasteiger charge is 2.45. The third-order valence-corrected chi connectivity index (χ3v) is 3.46. The van der Waals surface area contributed by atoms with E-state index in [0.717, 1.165) is 24.2 Å². The molecule has 0 aromatic heterocycles. The molecule has 1 amide bonds. The number of carbonyl (C=O) groups excluding carboxylic acids is 1. The molecule has 2 unspecified atom stereocenters. The summed E-state index contributed by atoms with van der Waals surface area (Å²) in [5, 5.41) is 3.22. The number of benzene rings is 1. The average Bonchev–Trinajstić information content (AvgIpc) is 2.90. The smallest absolute Gasteiger partial charge is 0.244 e. The highest BCUT2D eigenvalue weighted by molar-refractivity contribution is 6.01. The van der Waals surface area contributed by atoms with E-state index in [0.29, 0.717) is 12.6 Å². The standard InChI is InChI=1S/C12H15N3O/c13-6-8-1-3-9(4-2-8)15-10-5-11(12(15)16)14-7-10/h1-4,10-11,14H,5-7,13H2. The second-order valence-corrected chi connectivity index (χ2v) is 4.43. The van der Waals surface area contributed by atoms with Gasteiger partial charge in [-0.2, -0.15) is 0 Å². The van der Waals surface area contributed by atoms with E-state index >= 15 is 0 Å². The van der Waals surface area contributed by atoms with Crippen molar-refractivity contribution in [2.45, 2.75) is 25.0 Å². The second-order valence-electron chi connectivity index (χ2n) is 4.43. The third-order valence-electron chi connectivity index (χ3n) is 3.46. The van der Waals surface area contributed by atoms with Gasteiger partial charge in [-0.05, 0) is 24.1 Å². The van der Waals surface area contributed by atoms with E-state index in [-0.39, 0.29) is 11.9 Å². The molecule has 2 bridgehead atoms. The number of piperazine rings is 1. The molecule has 2 aliphatic heterocycles. The van der Waals surface area contributed by atoms with E-state index in [1.807, 2.05) is 29.2 Å². The largest absolute Gasteiger partial charge is 0.326 e. The van der Waals surface area contributed by atoms with Crippen molar-refractivity contribution in [1.82, 2.24) is 5.32 Å². The van der Waals surface area contributed by atoms with Gasteiger partial charge in [0, 0.05) is 18.8 Å². The lowest BCUT2D eigenvalue weighted by molar-refractivity contribution is -0.119. The fourth-order valence-corrected chi connectivity index (χ4v) is 2.58. The number of anilines is 1. The van der Waals surface area contributed by atoms with Crippen molar-refractivity contribution in [3.05, 3.63) is 29.8 Å². The van der Waals surface area contributed by atoms with Crippen LogP contribution in [-0.2, 0) is 11.3 Å². The Morgan fingerprint density at radius 3 is 2.69 bits per heavy atom. The molecule has 3 N–H and O–H groups in total. The molecule has 0 radical (unpaired) electrons. The Balaban J connectivity index is 1.89. The van der Waals surface area contributed by atoms with Crippen LogP contribution in [0.4, 0.5) is 5.69 Å². The minimum absolute atomic E-state index is 0.0409. The lowest BCUT2D eigenvalue weighted by Crippen LogP contribution is -2.48. The topological polar surface area (TPSA) is 58.4 Å². The van der Waals surface area contributed by atoms with Crippen LogP contribution < -0.4 is 16.0 Å². The Morgan fingerprint density at radius 1 is 1.38 bits per heavy atom. The number of nitrogens with one attached hydrogen (secondary N) is 1. The molecule has 2 fully saturated rings. The van der Waals surface area contributed by atoms with Crippen molar-refractivity contribution in [2.75, 3.05) is 11.4 Å². The average molecular weight is 217 g/mol. The van der Waals surface area contributed by atoms with Crippen LogP contribution in [0.1, 0.15) is 12.0 Å². The van der Waals surface area contributed by atoms with E-state index in [2.05, 4.69) is 5.32 Å². The molecule has 84 valence electrons. The van der Waals surface area contributed by atoms with Crippen molar-refractivity contribution >= 4 is 11.6 Å². The molecule has 2 saturated heterocycles. The summed E-state index contributed by atoms with van der Waals surface area (Å²) in [5.41, 5.74) is 7.64. The summed E-state index contributed by atoms with van der Waals surface area (Å²) < 4.78 is 0. The van der Waals surface area contributed by atoms with Gasteiger partial charge in [0.15, 0.2) is 0 Å². The van der Waals surface area contributed by atoms with Gasteiger partial charge in [-0.3, -0.25) is 4.79 Å².